The molecular weight excluding hydrogens is 715 g/mol. The fourth-order valence-electron chi connectivity index (χ4n) is 5.24. The number of carbonyl (C=O) groups is 1. The Morgan fingerprint density at radius 3 is 1.98 bits per heavy atom. The van der Waals surface area contributed by atoms with E-state index in [-0.39, 0.29) is 11.3 Å². The van der Waals surface area contributed by atoms with Crippen LogP contribution in [-0.2, 0) is 11.2 Å². The number of hydrogen-bond acceptors (Lipinski definition) is 6. The first-order chi connectivity index (χ1) is 27.9. The summed E-state index contributed by atoms with van der Waals surface area (Å²) in [5.41, 5.74) is 5.81. The van der Waals surface area contributed by atoms with E-state index in [4.69, 9.17) is 4.74 Å². The van der Waals surface area contributed by atoms with Gasteiger partial charge in [-0.25, -0.2) is 0 Å². The van der Waals surface area contributed by atoms with Crippen molar-refractivity contribution in [3.05, 3.63) is 107 Å². The molecule has 4 rings (SSSR count). The summed E-state index contributed by atoms with van der Waals surface area (Å²) in [6.07, 6.45) is 22.9. The number of hydrogen-bond donors (Lipinski definition) is 3. The van der Waals surface area contributed by atoms with Gasteiger partial charge in [0.05, 0.1) is 19.4 Å². The lowest BCUT2D eigenvalue weighted by molar-refractivity contribution is 0.0782. The summed E-state index contributed by atoms with van der Waals surface area (Å²) in [5, 5.41) is 12.4. The maximum atomic E-state index is 13.1. The van der Waals surface area contributed by atoms with Crippen molar-refractivity contribution in [1.29, 1.82) is 0 Å². The van der Waals surface area contributed by atoms with Crippen molar-refractivity contribution < 1.29 is 9.53 Å². The van der Waals surface area contributed by atoms with Gasteiger partial charge in [-0.05, 0) is 78.9 Å². The molecule has 1 aliphatic rings. The Morgan fingerprint density at radius 1 is 0.948 bits per heavy atom. The normalized spacial score (nSPS) is 12.8. The molecule has 1 saturated heterocycles. The topological polar surface area (TPSA) is 78.5 Å². The van der Waals surface area contributed by atoms with Gasteiger partial charge in [-0.3, -0.25) is 9.78 Å². The van der Waals surface area contributed by atoms with Gasteiger partial charge in [0.25, 0.3) is 5.91 Å². The van der Waals surface area contributed by atoms with Crippen molar-refractivity contribution in [2.45, 2.75) is 123 Å². The first-order valence-electron chi connectivity index (χ1n) is 21.2. The highest BCUT2D eigenvalue weighted by Gasteiger charge is 2.25. The Morgan fingerprint density at radius 2 is 1.50 bits per heavy atom. The molecule has 58 heavy (non-hydrogen) atoms. The number of likely N-dealkylation sites (N-methyl/N-ethyl adjacent to an activating group) is 1. The van der Waals surface area contributed by atoms with Crippen LogP contribution in [0, 0.1) is 37.0 Å². The minimum Gasteiger partial charge on any atom is -0.498 e. The summed E-state index contributed by atoms with van der Waals surface area (Å²) in [5.74, 6) is 2.00. The third-order valence-electron chi connectivity index (χ3n) is 8.16. The largest absolute Gasteiger partial charge is 0.498 e. The average molecular weight is 798 g/mol. The zero-order valence-corrected chi connectivity index (χ0v) is 39.8. The van der Waals surface area contributed by atoms with E-state index in [0.717, 1.165) is 53.0 Å². The number of methoxy groups -OCH3 is 1. The van der Waals surface area contributed by atoms with Crippen LogP contribution in [0.5, 0.6) is 0 Å². The third-order valence-corrected chi connectivity index (χ3v) is 8.16. The number of pyridine rings is 1. The molecule has 3 N–H and O–H groups in total. The van der Waals surface area contributed by atoms with Gasteiger partial charge in [0.1, 0.15) is 17.3 Å². The monoisotopic (exact) mass is 798 g/mol. The number of anilines is 1. The maximum absolute atomic E-state index is 13.1. The smallest absolute Gasteiger partial charge is 0.272 e. The van der Waals surface area contributed by atoms with Crippen LogP contribution in [0.1, 0.15) is 138 Å². The third kappa shape index (κ3) is 21.5. The summed E-state index contributed by atoms with van der Waals surface area (Å²) in [7, 11) is 3.59. The summed E-state index contributed by atoms with van der Waals surface area (Å²) in [4.78, 5) is 19.4. The Kier molecular flexibility index (Phi) is 37.4. The van der Waals surface area contributed by atoms with Crippen molar-refractivity contribution in [2.75, 3.05) is 39.1 Å². The van der Waals surface area contributed by atoms with Gasteiger partial charge in [0.15, 0.2) is 0 Å². The van der Waals surface area contributed by atoms with Crippen molar-refractivity contribution in [3.63, 3.8) is 0 Å². The van der Waals surface area contributed by atoms with Gasteiger partial charge in [0, 0.05) is 30.4 Å². The van der Waals surface area contributed by atoms with Crippen molar-refractivity contribution in [1.82, 2.24) is 20.5 Å². The standard InChI is InChI=1S/C36H47N5O2.C3H8.4C2H6.2C2H2/c1-24-16-18-41(23-24)35(42)33-21-27(15-17-38-33)20-28-13-14-31(30-12-10-9-11-29(28)30)39-26(3)40-32(34(43-8)22-37-7)19-25(2)36(4,5)6;1-3-2;6*1-2/h9-15,17,19,21,24,37,39-40H,3,16,18,20,22-23H2,1-2,4-8H3;3H2,1-2H3;4*1-2H3;2*1-2H/b25-19+,34-32-;;;;;;;/t24-;;;;;;;/m1......./s1. The highest BCUT2D eigenvalue weighted by molar-refractivity contribution is 5.97. The second-order valence-electron chi connectivity index (χ2n) is 13.3. The fourth-order valence-corrected chi connectivity index (χ4v) is 5.24. The molecule has 1 fully saturated rings. The van der Waals surface area contributed by atoms with Gasteiger partial charge in [-0.15, -0.1) is 25.7 Å². The molecule has 7 heteroatoms. The van der Waals surface area contributed by atoms with Crippen molar-refractivity contribution in [3.8, 4) is 25.7 Å². The number of benzene rings is 2. The molecule has 2 heterocycles. The molecule has 1 aliphatic heterocycles. The number of ether oxygens (including phenoxy) is 1. The maximum Gasteiger partial charge on any atom is 0.272 e. The fraction of sp³-hybridized carbons (Fsp3) is 0.490. The van der Waals surface area contributed by atoms with Crippen molar-refractivity contribution >= 4 is 22.4 Å². The first-order valence-corrected chi connectivity index (χ1v) is 21.2. The highest BCUT2D eigenvalue weighted by Crippen LogP contribution is 2.30. The molecule has 0 saturated carbocycles. The molecular formula is C51H83N5O2. The SMILES string of the molecule is C#C.C#C.C=C(NC(/C=C(\C)C(C)(C)C)=C(/CNC)OC)Nc1ccc(Cc2ccnc(C(=O)N3CC[C@@H](C)C3)c2)c2ccccc12.CC.CC.CC.CC.CCC. The van der Waals surface area contributed by atoms with Crippen LogP contribution >= 0.6 is 0 Å². The lowest BCUT2D eigenvalue weighted by Crippen LogP contribution is -2.29. The van der Waals surface area contributed by atoms with E-state index in [0.29, 0.717) is 30.4 Å². The average Bonchev–Trinajstić information content (AvgIpc) is 3.70. The summed E-state index contributed by atoms with van der Waals surface area (Å²) < 4.78 is 5.73. The lowest BCUT2D eigenvalue weighted by atomic mass is 9.87. The number of aromatic nitrogens is 1. The second-order valence-corrected chi connectivity index (χ2v) is 13.3. The first kappa shape index (κ1) is 59.7. The zero-order chi connectivity index (χ0) is 45.9. The van der Waals surface area contributed by atoms with E-state index < -0.39 is 0 Å². The van der Waals surface area contributed by atoms with Gasteiger partial charge in [-0.1, -0.05) is 146 Å². The van der Waals surface area contributed by atoms with E-state index in [1.165, 1.54) is 17.6 Å². The second kappa shape index (κ2) is 36.4. The number of nitrogens with one attached hydrogen (secondary N) is 3. The molecule has 1 amide bonds. The van der Waals surface area contributed by atoms with Crippen LogP contribution in [-0.4, -0.2) is 49.6 Å². The highest BCUT2D eigenvalue weighted by atomic mass is 16.5. The molecule has 1 aromatic heterocycles. The number of terminal acetylenes is 2. The molecule has 0 bridgehead atoms. The van der Waals surface area contributed by atoms with E-state index in [2.05, 4.69) is 138 Å². The van der Waals surface area contributed by atoms with Crippen molar-refractivity contribution in [2.24, 2.45) is 11.3 Å². The van der Waals surface area contributed by atoms with Gasteiger partial charge in [-0.2, -0.15) is 0 Å². The molecule has 0 unspecified atom stereocenters. The predicted molar refractivity (Wildman–Crippen MR) is 259 cm³/mol. The minimum atomic E-state index is 0.0157. The minimum absolute atomic E-state index is 0.0157. The summed E-state index contributed by atoms with van der Waals surface area (Å²) in [6.45, 7) is 37.6. The number of carbonyl (C=O) groups excluding carboxylic acids is 1. The molecule has 324 valence electrons. The van der Waals surface area contributed by atoms with E-state index >= 15 is 0 Å². The number of amides is 1. The van der Waals surface area contributed by atoms with E-state index in [1.807, 2.05) is 85.5 Å². The van der Waals surface area contributed by atoms with Crippen LogP contribution < -0.4 is 16.0 Å². The van der Waals surface area contributed by atoms with Crippen LogP contribution in [0.15, 0.2) is 90.2 Å². The Bertz CT molecular complexity index is 1640. The Balaban J connectivity index is -0.000000867. The number of allylic oxidation sites excluding steroid dienone is 2. The predicted octanol–water partition coefficient (Wildman–Crippen LogP) is 12.9. The van der Waals surface area contributed by atoms with Gasteiger partial charge >= 0.3 is 0 Å². The molecule has 0 spiro atoms. The van der Waals surface area contributed by atoms with E-state index in [1.54, 1.807) is 13.3 Å². The van der Waals surface area contributed by atoms with Crippen LogP contribution in [0.3, 0.4) is 0 Å². The van der Waals surface area contributed by atoms with Gasteiger partial charge < -0.3 is 25.6 Å². The summed E-state index contributed by atoms with van der Waals surface area (Å²) >= 11 is 0. The molecule has 3 aromatic rings. The van der Waals surface area contributed by atoms with E-state index in [9.17, 15) is 4.79 Å². The zero-order valence-electron chi connectivity index (χ0n) is 39.8. The molecule has 0 radical (unpaired) electrons. The van der Waals surface area contributed by atoms with Crippen LogP contribution in [0.2, 0.25) is 0 Å². The lowest BCUT2D eigenvalue weighted by Gasteiger charge is -2.23. The number of nitrogens with zero attached hydrogens (tertiary/aromatic N) is 2. The molecule has 1 atom stereocenters. The molecule has 2 aromatic carbocycles. The Labute approximate surface area is 357 Å². The quantitative estimate of drug-likeness (QED) is 0.102. The molecule has 0 aliphatic carbocycles. The number of rotatable bonds is 11. The molecule has 7 nitrogen and oxygen atoms in total. The Hall–Kier alpha value is -4.98. The van der Waals surface area contributed by atoms with Crippen LogP contribution in [0.25, 0.3) is 10.8 Å². The number of fused-ring (bicyclic) bond motifs is 1. The van der Waals surface area contributed by atoms with Gasteiger partial charge in [0.2, 0.25) is 0 Å². The van der Waals surface area contributed by atoms with Crippen LogP contribution in [0.4, 0.5) is 5.69 Å². The summed E-state index contributed by atoms with van der Waals surface area (Å²) in [6, 6.07) is 16.5. The number of likely N-dealkylation sites (tertiary alicyclic amines) is 1.